The van der Waals surface area contributed by atoms with Crippen LogP contribution < -0.4 is 4.70 Å². The summed E-state index contributed by atoms with van der Waals surface area (Å²) >= 11 is 0. The van der Waals surface area contributed by atoms with Crippen LogP contribution in [0.4, 0.5) is 21.0 Å². The first-order valence-electron chi connectivity index (χ1n) is 9.02. The summed E-state index contributed by atoms with van der Waals surface area (Å²) in [6, 6.07) is 20.0. The molecule has 4 rings (SSSR count). The summed E-state index contributed by atoms with van der Waals surface area (Å²) in [5.41, 5.74) is 3.28. The Hall–Kier alpha value is -2.55. The van der Waals surface area contributed by atoms with Crippen molar-refractivity contribution in [2.45, 2.75) is 0 Å². The Morgan fingerprint density at radius 1 is 0.639 bits per heavy atom. The Labute approximate surface area is 232 Å². The second-order valence-electron chi connectivity index (χ2n) is 6.02. The number of carboxylic acids is 1. The molecule has 0 amide bonds. The Morgan fingerprint density at radius 2 is 0.972 bits per heavy atom. The van der Waals surface area contributed by atoms with Gasteiger partial charge in [0, 0.05) is 44.6 Å². The van der Waals surface area contributed by atoms with Gasteiger partial charge in [0.1, 0.15) is 0 Å². The summed E-state index contributed by atoms with van der Waals surface area (Å²) in [4.78, 5) is 27.3. The van der Waals surface area contributed by atoms with E-state index >= 15 is 0 Å². The van der Waals surface area contributed by atoms with Gasteiger partial charge in [-0.2, -0.15) is 0 Å². The number of rotatable bonds is 3. The molecule has 0 spiro atoms. The monoisotopic (exact) mass is 821 g/mol. The Balaban J connectivity index is 0. The van der Waals surface area contributed by atoms with Gasteiger partial charge in [-0.25, -0.2) is 4.79 Å². The molecule has 0 radical (unpaired) electrons. The number of halogens is 7. The van der Waals surface area contributed by atoms with Crippen molar-refractivity contribution in [3.05, 3.63) is 97.1 Å². The molecule has 0 saturated carbocycles. The summed E-state index contributed by atoms with van der Waals surface area (Å²) < 4.78 is 49.2. The fraction of sp³-hybridized carbons (Fsp3) is 0. The molecule has 0 aromatic carbocycles. The largest absolute Gasteiger partial charge is 1.00 e. The van der Waals surface area contributed by atoms with Crippen LogP contribution in [0.5, 0.6) is 0 Å². The van der Waals surface area contributed by atoms with Crippen LogP contribution in [0, 0.1) is 0 Å². The van der Waals surface area contributed by atoms with Crippen molar-refractivity contribution < 1.29 is 55.4 Å². The molecule has 0 unspecified atom stereocenters. The van der Waals surface area contributed by atoms with Crippen molar-refractivity contribution in [1.82, 2.24) is 19.9 Å². The zero-order valence-corrected chi connectivity index (χ0v) is 23.5. The second-order valence-corrected chi connectivity index (χ2v) is 7.30. The molecule has 4 aromatic rings. The van der Waals surface area contributed by atoms with Crippen molar-refractivity contribution in [3.63, 3.8) is 0 Å². The summed E-state index contributed by atoms with van der Waals surface area (Å²) in [5, 5.41) is 8.81. The average Bonchev–Trinajstić information content (AvgIpc) is 2.80. The van der Waals surface area contributed by atoms with Crippen LogP contribution in [0.3, 0.4) is 0 Å². The minimum Gasteiger partial charge on any atom is -1.00 e. The number of aromatic nitrogens is 4. The molecule has 0 saturated heterocycles. The summed E-state index contributed by atoms with van der Waals surface area (Å²) in [7, 11) is -8.55. The van der Waals surface area contributed by atoms with E-state index in [2.05, 4.69) is 19.9 Å². The molecule has 6 nitrogen and oxygen atoms in total. The topological polar surface area (TPSA) is 88.9 Å². The van der Waals surface area contributed by atoms with E-state index in [1.165, 1.54) is 18.3 Å². The number of aromatic carboxylic acids is 1. The molecule has 4 heterocycles. The predicted molar refractivity (Wildman–Crippen MR) is 130 cm³/mol. The van der Waals surface area contributed by atoms with E-state index in [-0.39, 0.29) is 54.0 Å². The molecule has 0 aliphatic rings. The first-order chi connectivity index (χ1) is 15.5. The molecule has 0 aliphatic carbocycles. The van der Waals surface area contributed by atoms with Gasteiger partial charge in [-0.05, 0) is 48.5 Å². The van der Waals surface area contributed by atoms with Gasteiger partial charge in [0.2, 0.25) is 0 Å². The number of carboxylic acid groups (broad SMARTS) is 1. The predicted octanol–water partition coefficient (Wildman–Crippen LogP) is 4.57. The molecule has 15 heteroatoms. The molecule has 196 valence electrons. The normalized spacial score (nSPS) is 10.5. The third kappa shape index (κ3) is 15.4. The van der Waals surface area contributed by atoms with Crippen molar-refractivity contribution in [2.75, 3.05) is 0 Å². The van der Waals surface area contributed by atoms with Crippen LogP contribution >= 0.6 is 32.1 Å². The Bertz CT molecular complexity index is 1120. The van der Waals surface area contributed by atoms with Gasteiger partial charge >= 0.3 is 35.1 Å². The van der Waals surface area contributed by atoms with E-state index in [1.54, 1.807) is 30.7 Å². The Morgan fingerprint density at radius 3 is 1.28 bits per heavy atom. The molecule has 0 atom stereocenters. The van der Waals surface area contributed by atoms with E-state index in [4.69, 9.17) is 5.11 Å². The average molecular weight is 819 g/mol. The molecular formula is C21H17F6IN4O2OsP-. The number of pyridine rings is 4. The fourth-order valence-electron chi connectivity index (χ4n) is 2.25. The van der Waals surface area contributed by atoms with E-state index in [0.29, 0.717) is 11.4 Å². The quantitative estimate of drug-likeness (QED) is 0.186. The number of hydrogen-bond donors (Lipinski definition) is 1. The number of nitrogens with zero attached hydrogens (tertiary/aromatic N) is 4. The van der Waals surface area contributed by atoms with Crippen LogP contribution in [0.1, 0.15) is 10.4 Å². The van der Waals surface area contributed by atoms with Crippen molar-refractivity contribution in [1.29, 1.82) is 0 Å². The third-order valence-corrected chi connectivity index (χ3v) is 3.53. The smallest absolute Gasteiger partial charge is 0.335 e. The summed E-state index contributed by atoms with van der Waals surface area (Å²) in [5.74, 6) is -0.963. The maximum absolute atomic E-state index is 10.7. The fourth-order valence-corrected chi connectivity index (χ4v) is 2.25. The van der Waals surface area contributed by atoms with Crippen LogP contribution in [0.15, 0.2) is 91.5 Å². The van der Waals surface area contributed by atoms with E-state index in [9.17, 15) is 25.8 Å². The maximum atomic E-state index is 10.7. The van der Waals surface area contributed by atoms with Gasteiger partial charge in [-0.1, -0.05) is 18.2 Å². The zero-order chi connectivity index (χ0) is 24.3. The van der Waals surface area contributed by atoms with Crippen molar-refractivity contribution in [2.24, 2.45) is 0 Å². The van der Waals surface area contributed by atoms with E-state index < -0.39 is 14.1 Å². The third-order valence-electron chi connectivity index (χ3n) is 3.53. The first kappa shape index (κ1) is 35.6. The maximum Gasteiger partial charge on any atom is 0.335 e. The van der Waals surface area contributed by atoms with Crippen LogP contribution in [-0.4, -0.2) is 31.0 Å². The summed E-state index contributed by atoms with van der Waals surface area (Å²) in [6.07, 6.45) is 6.64. The standard InChI is InChI=1S/C11H8N2O2.C10H8N2.F5P.FH.HI.Os/c14-11(15)8-4-6-13-10(7-8)9-3-1-2-5-12-9;1-3-7-11-9(5-1)10-6-2-4-8-12-10;1-6(2,3,4)5;;;/h1-7H,(H,14,15);1-8H;;2*1H;/p-1. The molecular weight excluding hydrogens is 802 g/mol. The second kappa shape index (κ2) is 16.2. The van der Waals surface area contributed by atoms with Crippen LogP contribution in [0.2, 0.25) is 0 Å². The van der Waals surface area contributed by atoms with Crippen LogP contribution in [-0.2, 0) is 19.8 Å². The van der Waals surface area contributed by atoms with Gasteiger partial charge in [0.15, 0.2) is 0 Å². The van der Waals surface area contributed by atoms with Crippen LogP contribution in [0.25, 0.3) is 22.8 Å². The van der Waals surface area contributed by atoms with Crippen molar-refractivity contribution >= 4 is 38.1 Å². The summed E-state index contributed by atoms with van der Waals surface area (Å²) in [6.45, 7) is 0. The molecule has 36 heavy (non-hydrogen) atoms. The molecule has 1 N–H and O–H groups in total. The van der Waals surface area contributed by atoms with E-state index in [0.717, 1.165) is 11.4 Å². The SMILES string of the molecule is FP(F)(F)(F)F.I.O=C(O)c1ccnc(-c2ccccn2)c1.[F-].[Os].c1ccc(-c2ccccn2)nc1. The van der Waals surface area contributed by atoms with Gasteiger partial charge in [-0.15, -0.1) is 24.0 Å². The minimum atomic E-state index is -8.55. The van der Waals surface area contributed by atoms with Gasteiger partial charge in [0.05, 0.1) is 28.3 Å². The first-order valence-corrected chi connectivity index (χ1v) is 10.7. The van der Waals surface area contributed by atoms with E-state index in [1.807, 2.05) is 42.5 Å². The zero-order valence-electron chi connectivity index (χ0n) is 17.8. The molecule has 0 fully saturated rings. The molecule has 0 bridgehead atoms. The molecule has 0 aliphatic heterocycles. The Kier molecular flexibility index (Phi) is 16.1. The molecule has 4 aromatic heterocycles. The number of hydrogen-bond acceptors (Lipinski definition) is 5. The van der Waals surface area contributed by atoms with Crippen molar-refractivity contribution in [3.8, 4) is 22.8 Å². The van der Waals surface area contributed by atoms with Gasteiger partial charge < -0.3 is 9.81 Å². The minimum absolute atomic E-state index is 0. The number of carbonyl (C=O) groups is 1. The van der Waals surface area contributed by atoms with Gasteiger partial charge in [0.25, 0.3) is 0 Å². The van der Waals surface area contributed by atoms with Gasteiger partial charge in [-0.3, -0.25) is 19.9 Å².